The first kappa shape index (κ1) is 23.4. The number of nitrogens with zero attached hydrogens (tertiary/aromatic N) is 2. The molecular formula is C21H22ClF2N5O3. The molecule has 3 rings (SSSR count). The summed E-state index contributed by atoms with van der Waals surface area (Å²) in [6, 6.07) is 6.79. The molecule has 1 fully saturated rings. The van der Waals surface area contributed by atoms with E-state index in [-0.39, 0.29) is 29.5 Å². The van der Waals surface area contributed by atoms with Gasteiger partial charge in [-0.05, 0) is 49.0 Å². The van der Waals surface area contributed by atoms with Gasteiger partial charge >= 0.3 is 5.57 Å². The van der Waals surface area contributed by atoms with E-state index in [1.54, 1.807) is 0 Å². The van der Waals surface area contributed by atoms with Gasteiger partial charge in [0.1, 0.15) is 11.6 Å². The first-order chi connectivity index (χ1) is 15.2. The van der Waals surface area contributed by atoms with Crippen LogP contribution in [0.1, 0.15) is 22.3 Å². The van der Waals surface area contributed by atoms with Crippen molar-refractivity contribution in [1.82, 2.24) is 4.98 Å². The molecule has 1 unspecified atom stereocenters. The predicted octanol–water partition coefficient (Wildman–Crippen LogP) is 3.16. The molecule has 0 radical (unpaired) electrons. The number of aliphatic hydroxyl groups excluding tert-OH is 1. The second kappa shape index (κ2) is 9.92. The van der Waals surface area contributed by atoms with Crippen molar-refractivity contribution in [2.24, 2.45) is 11.7 Å². The van der Waals surface area contributed by atoms with E-state index in [1.807, 2.05) is 4.90 Å². The number of carbonyl (C=O) groups excluding carboxylic acids is 1. The minimum Gasteiger partial charge on any atom is -0.420 e. The topological polar surface area (TPSA) is 125 Å². The van der Waals surface area contributed by atoms with E-state index in [4.69, 9.17) is 22.7 Å². The number of benzene rings is 1. The van der Waals surface area contributed by atoms with Gasteiger partial charge in [-0.1, -0.05) is 0 Å². The quantitative estimate of drug-likeness (QED) is 0.350. The largest absolute Gasteiger partial charge is 0.487 e. The van der Waals surface area contributed by atoms with Crippen LogP contribution in [0.4, 0.5) is 20.3 Å². The fourth-order valence-corrected chi connectivity index (χ4v) is 3.42. The summed E-state index contributed by atoms with van der Waals surface area (Å²) in [5, 5.41) is 20.3. The van der Waals surface area contributed by atoms with Gasteiger partial charge in [-0.3, -0.25) is 4.79 Å². The predicted molar refractivity (Wildman–Crippen MR) is 118 cm³/mol. The molecule has 1 aliphatic rings. The van der Waals surface area contributed by atoms with Crippen LogP contribution < -0.4 is 20.7 Å². The van der Waals surface area contributed by atoms with Crippen LogP contribution in [0, 0.1) is 11.3 Å². The van der Waals surface area contributed by atoms with Crippen molar-refractivity contribution in [3.8, 4) is 5.75 Å². The summed E-state index contributed by atoms with van der Waals surface area (Å²) in [5.74, 6) is -0.00684. The first-order valence-corrected chi connectivity index (χ1v) is 10.1. The average Bonchev–Trinajstić information content (AvgIpc) is 3.23. The lowest BCUT2D eigenvalue weighted by molar-refractivity contribution is -0.0964. The first-order valence-electron chi connectivity index (χ1n) is 9.70. The van der Waals surface area contributed by atoms with Crippen molar-refractivity contribution in [3.05, 3.63) is 59.9 Å². The molecule has 1 aromatic carbocycles. The zero-order valence-electron chi connectivity index (χ0n) is 16.9. The lowest BCUT2D eigenvalue weighted by Crippen LogP contribution is -2.25. The monoisotopic (exact) mass is 465 g/mol. The minimum atomic E-state index is -3.83. The highest BCUT2D eigenvalue weighted by atomic mass is 35.5. The van der Waals surface area contributed by atoms with Crippen LogP contribution in [0.5, 0.6) is 5.75 Å². The number of pyridine rings is 1. The van der Waals surface area contributed by atoms with Crippen molar-refractivity contribution in [3.63, 3.8) is 0 Å². The molecule has 0 spiro atoms. The number of nitrogens with two attached hydrogens (primary N) is 1. The number of ether oxygens (including phenoxy) is 1. The summed E-state index contributed by atoms with van der Waals surface area (Å²) in [6.07, 6.45) is 4.82. The Kier molecular flexibility index (Phi) is 7.26. The molecule has 11 heteroatoms. The lowest BCUT2D eigenvalue weighted by Gasteiger charge is -2.21. The van der Waals surface area contributed by atoms with E-state index in [2.05, 4.69) is 15.0 Å². The van der Waals surface area contributed by atoms with E-state index in [9.17, 15) is 18.7 Å². The number of rotatable bonds is 8. The Morgan fingerprint density at radius 3 is 2.75 bits per heavy atom. The molecule has 32 heavy (non-hydrogen) atoms. The number of anilines is 2. The van der Waals surface area contributed by atoms with E-state index < -0.39 is 11.5 Å². The highest BCUT2D eigenvalue weighted by molar-refractivity contribution is 6.20. The number of amides is 1. The number of hydrogen-bond acceptors (Lipinski definition) is 7. The Hall–Kier alpha value is -3.24. The van der Waals surface area contributed by atoms with Crippen molar-refractivity contribution < 1.29 is 23.4 Å². The van der Waals surface area contributed by atoms with Crippen molar-refractivity contribution in [1.29, 1.82) is 5.41 Å². The molecule has 1 saturated heterocycles. The Morgan fingerprint density at radius 2 is 2.16 bits per heavy atom. The second-order valence-corrected chi connectivity index (χ2v) is 7.62. The summed E-state index contributed by atoms with van der Waals surface area (Å²) in [6.45, 7) is 1.34. The highest BCUT2D eigenvalue weighted by Gasteiger charge is 2.28. The van der Waals surface area contributed by atoms with Gasteiger partial charge in [0.15, 0.2) is 0 Å². The Labute approximate surface area is 188 Å². The van der Waals surface area contributed by atoms with Gasteiger partial charge in [0.25, 0.3) is 5.91 Å². The summed E-state index contributed by atoms with van der Waals surface area (Å²) in [4.78, 5) is 19.1. The van der Waals surface area contributed by atoms with Gasteiger partial charge in [-0.15, -0.1) is 8.78 Å². The third-order valence-electron chi connectivity index (χ3n) is 4.87. The highest BCUT2D eigenvalue weighted by Crippen LogP contribution is 2.28. The zero-order chi connectivity index (χ0) is 23.3. The van der Waals surface area contributed by atoms with Crippen molar-refractivity contribution in [2.45, 2.75) is 12.0 Å². The van der Waals surface area contributed by atoms with Crippen LogP contribution >= 0.6 is 11.6 Å². The maximum absolute atomic E-state index is 12.7. The minimum absolute atomic E-state index is 0.0683. The maximum Gasteiger partial charge on any atom is 0.487 e. The zero-order valence-corrected chi connectivity index (χ0v) is 17.6. The molecule has 2 heterocycles. The van der Waals surface area contributed by atoms with Crippen LogP contribution in [0.3, 0.4) is 0 Å². The fraction of sp³-hybridized carbons (Fsp3) is 0.286. The molecular weight excluding hydrogens is 444 g/mol. The number of aliphatic hydroxyl groups is 1. The van der Waals surface area contributed by atoms with Crippen LogP contribution in [-0.4, -0.2) is 47.0 Å². The lowest BCUT2D eigenvalue weighted by atomic mass is 10.1. The summed E-state index contributed by atoms with van der Waals surface area (Å²) >= 11 is 4.73. The van der Waals surface area contributed by atoms with Gasteiger partial charge < -0.3 is 31.2 Å². The van der Waals surface area contributed by atoms with E-state index in [0.717, 1.165) is 6.42 Å². The fourth-order valence-electron chi connectivity index (χ4n) is 3.34. The molecule has 8 nitrogen and oxygen atoms in total. The Morgan fingerprint density at radius 1 is 1.44 bits per heavy atom. The van der Waals surface area contributed by atoms with Crippen LogP contribution in [0.15, 0.2) is 48.8 Å². The molecule has 0 aliphatic carbocycles. The molecule has 1 aromatic heterocycles. The SMILES string of the molecule is N=C(C=CN)c1cc(C(=O)Nc2ccc(OC(F)(F)Cl)cc2)cnc1N1CCC(CO)C1. The number of aromatic nitrogens is 1. The third kappa shape index (κ3) is 5.92. The normalized spacial score (nSPS) is 16.4. The van der Waals surface area contributed by atoms with E-state index >= 15 is 0 Å². The molecule has 2 aromatic rings. The molecule has 1 amide bonds. The maximum atomic E-state index is 12.7. The molecule has 170 valence electrons. The van der Waals surface area contributed by atoms with E-state index in [1.165, 1.54) is 48.8 Å². The van der Waals surface area contributed by atoms with Gasteiger partial charge in [-0.25, -0.2) is 4.98 Å². The Bertz CT molecular complexity index is 1010. The summed E-state index contributed by atoms with van der Waals surface area (Å²) < 4.78 is 29.6. The van der Waals surface area contributed by atoms with Crippen LogP contribution in [0.25, 0.3) is 0 Å². The van der Waals surface area contributed by atoms with Gasteiger partial charge in [-0.2, -0.15) is 0 Å². The van der Waals surface area contributed by atoms with Crippen molar-refractivity contribution >= 4 is 34.7 Å². The number of nitrogens with one attached hydrogen (secondary N) is 2. The number of hydrogen-bond donors (Lipinski definition) is 4. The van der Waals surface area contributed by atoms with Crippen molar-refractivity contribution in [2.75, 3.05) is 29.9 Å². The number of allylic oxidation sites excluding steroid dienone is 1. The Balaban J connectivity index is 1.80. The molecule has 5 N–H and O–H groups in total. The van der Waals surface area contributed by atoms with E-state index in [0.29, 0.717) is 30.2 Å². The molecule has 0 bridgehead atoms. The number of alkyl halides is 3. The van der Waals surface area contributed by atoms with Crippen LogP contribution in [0.2, 0.25) is 0 Å². The average molecular weight is 466 g/mol. The summed E-state index contributed by atoms with van der Waals surface area (Å²) in [7, 11) is 0. The molecule has 1 atom stereocenters. The van der Waals surface area contributed by atoms with Gasteiger partial charge in [0.2, 0.25) is 0 Å². The van der Waals surface area contributed by atoms with Crippen LogP contribution in [-0.2, 0) is 0 Å². The van der Waals surface area contributed by atoms with Gasteiger partial charge in [0, 0.05) is 54.7 Å². The second-order valence-electron chi connectivity index (χ2n) is 7.18. The number of halogens is 3. The van der Waals surface area contributed by atoms with Gasteiger partial charge in [0.05, 0.1) is 11.3 Å². The summed E-state index contributed by atoms with van der Waals surface area (Å²) in [5.41, 5.74) is 2.65. The third-order valence-corrected chi connectivity index (χ3v) is 4.95. The molecule has 0 saturated carbocycles. The number of carbonyl (C=O) groups is 1. The smallest absolute Gasteiger partial charge is 0.420 e. The standard InChI is InChI=1S/C21H22ClF2N5O3/c22-21(23,24)32-16-3-1-15(2-4-16)28-20(31)14-9-17(18(26)5-7-25)19(27-10-14)29-8-6-13(11-29)12-30/h1-5,7,9-10,13,26,30H,6,8,11-12,25H2,(H,28,31). The molecule has 1 aliphatic heterocycles.